The number of hydrogen-bond acceptors (Lipinski definition) is 5. The van der Waals surface area contributed by atoms with E-state index in [9.17, 15) is 9.59 Å². The molecule has 0 aliphatic carbocycles. The van der Waals surface area contributed by atoms with Crippen LogP contribution in [0.3, 0.4) is 0 Å². The second-order valence-electron chi connectivity index (χ2n) is 6.67. The normalized spacial score (nSPS) is 11.1. The van der Waals surface area contributed by atoms with Crippen molar-refractivity contribution in [3.05, 3.63) is 59.0 Å². The molecule has 0 saturated heterocycles. The van der Waals surface area contributed by atoms with Crippen LogP contribution in [0, 0.1) is 0 Å². The summed E-state index contributed by atoms with van der Waals surface area (Å²) in [5.74, 6) is 0.801. The number of fused-ring (bicyclic) bond motifs is 1. The number of anilines is 1. The summed E-state index contributed by atoms with van der Waals surface area (Å²) in [6.45, 7) is 0. The van der Waals surface area contributed by atoms with E-state index < -0.39 is 0 Å². The highest BCUT2D eigenvalue weighted by Crippen LogP contribution is 2.23. The molecule has 2 aromatic heterocycles. The summed E-state index contributed by atoms with van der Waals surface area (Å²) in [5, 5.41) is 12.0. The van der Waals surface area contributed by atoms with Gasteiger partial charge in [-0.05, 0) is 18.2 Å². The highest BCUT2D eigenvalue weighted by molar-refractivity contribution is 7.99. The number of carbonyl (C=O) groups excluding carboxylic acids is 1. The number of hydrogen-bond donors (Lipinski definition) is 1. The molecule has 2 aromatic carbocycles. The van der Waals surface area contributed by atoms with Crippen molar-refractivity contribution >= 4 is 34.4 Å². The monoisotopic (exact) mass is 408 g/mol. The lowest BCUT2D eigenvalue weighted by Gasteiger charge is -2.06. The molecule has 2 heterocycles. The van der Waals surface area contributed by atoms with Gasteiger partial charge >= 0.3 is 5.69 Å². The van der Waals surface area contributed by atoms with Crippen LogP contribution in [0.1, 0.15) is 0 Å². The van der Waals surface area contributed by atoms with Crippen LogP contribution in [-0.2, 0) is 25.9 Å². The Bertz CT molecular complexity index is 1260. The fourth-order valence-corrected chi connectivity index (χ4v) is 3.90. The first kappa shape index (κ1) is 19.0. The van der Waals surface area contributed by atoms with Gasteiger partial charge in [-0.3, -0.25) is 13.9 Å². The Kier molecular flexibility index (Phi) is 4.98. The lowest BCUT2D eigenvalue weighted by atomic mass is 10.2. The lowest BCUT2D eigenvalue weighted by molar-refractivity contribution is -0.113. The van der Waals surface area contributed by atoms with Crippen molar-refractivity contribution in [2.75, 3.05) is 11.1 Å². The summed E-state index contributed by atoms with van der Waals surface area (Å²) in [6.07, 6.45) is 0. The second-order valence-corrected chi connectivity index (χ2v) is 7.61. The van der Waals surface area contributed by atoms with Gasteiger partial charge in [0.2, 0.25) is 5.91 Å². The molecule has 148 valence electrons. The third-order valence-corrected chi connectivity index (χ3v) is 5.78. The van der Waals surface area contributed by atoms with Crippen molar-refractivity contribution in [1.82, 2.24) is 23.9 Å². The van der Waals surface area contributed by atoms with E-state index in [2.05, 4.69) is 15.5 Å². The van der Waals surface area contributed by atoms with E-state index in [0.29, 0.717) is 10.8 Å². The van der Waals surface area contributed by atoms with E-state index in [1.807, 2.05) is 48.0 Å². The third kappa shape index (κ3) is 3.56. The molecule has 0 unspecified atom stereocenters. The Morgan fingerprint density at radius 3 is 2.45 bits per heavy atom. The number of rotatable bonds is 5. The molecule has 29 heavy (non-hydrogen) atoms. The minimum atomic E-state index is -0.153. The van der Waals surface area contributed by atoms with Gasteiger partial charge in [0.15, 0.2) is 11.0 Å². The maximum atomic E-state index is 12.4. The fourth-order valence-electron chi connectivity index (χ4n) is 3.19. The lowest BCUT2D eigenvalue weighted by Crippen LogP contribution is -2.19. The van der Waals surface area contributed by atoms with Crippen molar-refractivity contribution in [3.8, 4) is 11.4 Å². The van der Waals surface area contributed by atoms with Crippen LogP contribution in [0.25, 0.3) is 22.4 Å². The van der Waals surface area contributed by atoms with Crippen LogP contribution in [-0.4, -0.2) is 35.6 Å². The summed E-state index contributed by atoms with van der Waals surface area (Å²) in [7, 11) is 5.32. The Labute approximate surface area is 171 Å². The quantitative estimate of drug-likeness (QED) is 0.513. The Balaban J connectivity index is 1.45. The molecule has 4 aromatic rings. The smallest absolute Gasteiger partial charge is 0.325 e. The summed E-state index contributed by atoms with van der Waals surface area (Å²) >= 11 is 1.32. The molecule has 9 heteroatoms. The molecule has 8 nitrogen and oxygen atoms in total. The predicted octanol–water partition coefficient (Wildman–Crippen LogP) is 2.40. The summed E-state index contributed by atoms with van der Waals surface area (Å²) in [4.78, 5) is 24.4. The molecule has 1 amide bonds. The number of thioether (sulfide) groups is 1. The molecule has 0 aliphatic rings. The zero-order valence-electron chi connectivity index (χ0n) is 16.3. The van der Waals surface area contributed by atoms with Gasteiger partial charge < -0.3 is 9.88 Å². The van der Waals surface area contributed by atoms with Gasteiger partial charge in [-0.25, -0.2) is 4.79 Å². The molecule has 0 spiro atoms. The number of imidazole rings is 1. The van der Waals surface area contributed by atoms with Gasteiger partial charge in [0.25, 0.3) is 0 Å². The maximum Gasteiger partial charge on any atom is 0.328 e. The van der Waals surface area contributed by atoms with Crippen molar-refractivity contribution in [2.45, 2.75) is 5.16 Å². The summed E-state index contributed by atoms with van der Waals surface area (Å²) in [6, 6.07) is 15.2. The fraction of sp³-hybridized carbons (Fsp3) is 0.200. The number of amides is 1. The van der Waals surface area contributed by atoms with Crippen LogP contribution in [0.5, 0.6) is 0 Å². The van der Waals surface area contributed by atoms with E-state index in [1.165, 1.54) is 11.8 Å². The standard InChI is InChI=1S/C20H20N6O2S/c1-24-15-10-9-14(11-16(15)25(2)20(24)28)21-17(27)12-29-19-23-22-18(26(19)3)13-7-5-4-6-8-13/h4-11H,12H2,1-3H3,(H,21,27). The van der Waals surface area contributed by atoms with Crippen molar-refractivity contribution < 1.29 is 4.79 Å². The van der Waals surface area contributed by atoms with E-state index in [0.717, 1.165) is 22.4 Å². The van der Waals surface area contributed by atoms with Gasteiger partial charge in [0.1, 0.15) is 0 Å². The van der Waals surface area contributed by atoms with Crippen molar-refractivity contribution in [3.63, 3.8) is 0 Å². The van der Waals surface area contributed by atoms with E-state index in [1.54, 1.807) is 35.4 Å². The predicted molar refractivity (Wildman–Crippen MR) is 114 cm³/mol. The van der Waals surface area contributed by atoms with Gasteiger partial charge in [-0.1, -0.05) is 42.1 Å². The van der Waals surface area contributed by atoms with Gasteiger partial charge in [-0.15, -0.1) is 10.2 Å². The third-order valence-electron chi connectivity index (χ3n) is 4.75. The highest BCUT2D eigenvalue weighted by atomic mass is 32.2. The Morgan fingerprint density at radius 1 is 0.966 bits per heavy atom. The van der Waals surface area contributed by atoms with Crippen LogP contribution < -0.4 is 11.0 Å². The average molecular weight is 408 g/mol. The zero-order valence-corrected chi connectivity index (χ0v) is 17.1. The molecule has 0 saturated carbocycles. The van der Waals surface area contributed by atoms with Crippen LogP contribution in [0.4, 0.5) is 5.69 Å². The molecule has 0 radical (unpaired) electrons. The van der Waals surface area contributed by atoms with Gasteiger partial charge in [0, 0.05) is 32.4 Å². The number of nitrogens with zero attached hydrogens (tertiary/aromatic N) is 5. The first-order valence-electron chi connectivity index (χ1n) is 8.98. The SMILES string of the molecule is Cn1c(SCC(=O)Nc2ccc3c(c2)n(C)c(=O)n3C)nnc1-c1ccccc1. The van der Waals surface area contributed by atoms with Crippen molar-refractivity contribution in [2.24, 2.45) is 21.1 Å². The largest absolute Gasteiger partial charge is 0.328 e. The van der Waals surface area contributed by atoms with Gasteiger partial charge in [0.05, 0.1) is 16.8 Å². The molecule has 0 bridgehead atoms. The molecule has 4 rings (SSSR count). The average Bonchev–Trinajstić information content (AvgIpc) is 3.20. The zero-order chi connectivity index (χ0) is 20.5. The number of nitrogens with one attached hydrogen (secondary N) is 1. The molecule has 0 atom stereocenters. The van der Waals surface area contributed by atoms with E-state index in [4.69, 9.17) is 0 Å². The number of aryl methyl sites for hydroxylation is 2. The minimum Gasteiger partial charge on any atom is -0.325 e. The van der Waals surface area contributed by atoms with Crippen LogP contribution in [0.15, 0.2) is 58.5 Å². The van der Waals surface area contributed by atoms with Crippen molar-refractivity contribution in [1.29, 1.82) is 0 Å². The first-order valence-corrected chi connectivity index (χ1v) is 9.97. The summed E-state index contributed by atoms with van der Waals surface area (Å²) in [5.41, 5.74) is 3.10. The van der Waals surface area contributed by atoms with E-state index >= 15 is 0 Å². The van der Waals surface area contributed by atoms with Gasteiger partial charge in [-0.2, -0.15) is 0 Å². The highest BCUT2D eigenvalue weighted by Gasteiger charge is 2.14. The molecular formula is C20H20N6O2S. The molecule has 0 fully saturated rings. The molecule has 1 N–H and O–H groups in total. The van der Waals surface area contributed by atoms with Crippen LogP contribution in [0.2, 0.25) is 0 Å². The minimum absolute atomic E-state index is 0.101. The number of benzene rings is 2. The number of aromatic nitrogens is 5. The van der Waals surface area contributed by atoms with E-state index in [-0.39, 0.29) is 17.3 Å². The maximum absolute atomic E-state index is 12.4. The number of carbonyl (C=O) groups is 1. The van der Waals surface area contributed by atoms with Crippen LogP contribution >= 0.6 is 11.8 Å². The molecule has 0 aliphatic heterocycles. The Morgan fingerprint density at radius 2 is 1.69 bits per heavy atom. The first-order chi connectivity index (χ1) is 14.0. The molecular weight excluding hydrogens is 388 g/mol. The summed E-state index contributed by atoms with van der Waals surface area (Å²) < 4.78 is 5.01. The Hall–Kier alpha value is -3.33. The second kappa shape index (κ2) is 7.59. The topological polar surface area (TPSA) is 86.7 Å².